The molecule has 1 aromatic heterocycles. The molecule has 6 heteroatoms. The van der Waals surface area contributed by atoms with E-state index in [2.05, 4.69) is 10.6 Å². The summed E-state index contributed by atoms with van der Waals surface area (Å²) in [6, 6.07) is 9.93. The van der Waals surface area contributed by atoms with Gasteiger partial charge in [0, 0.05) is 11.8 Å². The molecular formula is C17H19N3O3. The van der Waals surface area contributed by atoms with Gasteiger partial charge < -0.3 is 20.8 Å². The van der Waals surface area contributed by atoms with Crippen LogP contribution in [-0.4, -0.2) is 11.9 Å². The maximum Gasteiger partial charge on any atom is 0.316 e. The number of anilines is 1. The molecule has 0 spiro atoms. The van der Waals surface area contributed by atoms with E-state index in [1.807, 2.05) is 32.0 Å². The Labute approximate surface area is 134 Å². The number of primary amides is 1. The van der Waals surface area contributed by atoms with E-state index in [1.54, 1.807) is 24.3 Å². The van der Waals surface area contributed by atoms with E-state index in [4.69, 9.17) is 10.2 Å². The predicted octanol–water partition coefficient (Wildman–Crippen LogP) is 2.97. The van der Waals surface area contributed by atoms with Crippen LogP contribution in [0.2, 0.25) is 0 Å². The number of hydrogen-bond acceptors (Lipinski definition) is 3. The van der Waals surface area contributed by atoms with Crippen LogP contribution in [0, 0.1) is 6.92 Å². The Bertz CT molecular complexity index is 717. The number of nitrogens with two attached hydrogens (primary N) is 1. The van der Waals surface area contributed by atoms with Crippen LogP contribution in [0.3, 0.4) is 0 Å². The van der Waals surface area contributed by atoms with Crippen molar-refractivity contribution in [3.05, 3.63) is 59.6 Å². The van der Waals surface area contributed by atoms with Crippen molar-refractivity contribution in [3.8, 4) is 0 Å². The third kappa shape index (κ3) is 5.03. The molecule has 1 aromatic carbocycles. The molecule has 3 amide bonds. The van der Waals surface area contributed by atoms with E-state index in [9.17, 15) is 9.59 Å². The zero-order valence-corrected chi connectivity index (χ0v) is 13.0. The predicted molar refractivity (Wildman–Crippen MR) is 88.7 cm³/mol. The summed E-state index contributed by atoms with van der Waals surface area (Å²) < 4.78 is 5.36. The zero-order chi connectivity index (χ0) is 16.8. The minimum absolute atomic E-state index is 0.173. The average Bonchev–Trinajstić information content (AvgIpc) is 2.91. The largest absolute Gasteiger partial charge is 0.462 e. The second kappa shape index (κ2) is 7.31. The minimum Gasteiger partial charge on any atom is -0.462 e. The van der Waals surface area contributed by atoms with Crippen LogP contribution < -0.4 is 16.4 Å². The van der Waals surface area contributed by atoms with Gasteiger partial charge in [-0.3, -0.25) is 4.79 Å². The van der Waals surface area contributed by atoms with E-state index < -0.39 is 6.03 Å². The Hall–Kier alpha value is -3.02. The molecule has 0 radical (unpaired) electrons. The molecule has 6 nitrogen and oxygen atoms in total. The summed E-state index contributed by atoms with van der Waals surface area (Å²) in [5.41, 5.74) is 6.57. The van der Waals surface area contributed by atoms with E-state index in [-0.39, 0.29) is 11.9 Å². The lowest BCUT2D eigenvalue weighted by molar-refractivity contribution is -0.117. The van der Waals surface area contributed by atoms with Crippen LogP contribution in [0.15, 0.2) is 46.9 Å². The van der Waals surface area contributed by atoms with Gasteiger partial charge in [0.05, 0.1) is 6.04 Å². The molecule has 0 aliphatic rings. The summed E-state index contributed by atoms with van der Waals surface area (Å²) in [7, 11) is 0. The number of hydrogen-bond donors (Lipinski definition) is 3. The summed E-state index contributed by atoms with van der Waals surface area (Å²) in [4.78, 5) is 22.7. The van der Waals surface area contributed by atoms with Gasteiger partial charge in [0.2, 0.25) is 5.91 Å². The second-order valence-corrected chi connectivity index (χ2v) is 5.12. The SMILES string of the molecule is Cc1ccc(/C=C\C(=O)N[C@@H](C)c2ccc(NC(N)=O)cc2)o1. The summed E-state index contributed by atoms with van der Waals surface area (Å²) in [6.45, 7) is 3.72. The summed E-state index contributed by atoms with van der Waals surface area (Å²) in [5, 5.41) is 5.34. The number of carbonyl (C=O) groups is 2. The maximum absolute atomic E-state index is 11.9. The van der Waals surface area contributed by atoms with Gasteiger partial charge in [-0.25, -0.2) is 4.79 Å². The Morgan fingerprint density at radius 1 is 1.17 bits per heavy atom. The number of carbonyl (C=O) groups excluding carboxylic acids is 2. The van der Waals surface area contributed by atoms with E-state index in [0.717, 1.165) is 11.3 Å². The fourth-order valence-corrected chi connectivity index (χ4v) is 2.04. The molecule has 2 rings (SSSR count). The van der Waals surface area contributed by atoms with Crippen molar-refractivity contribution in [1.29, 1.82) is 0 Å². The van der Waals surface area contributed by atoms with Crippen LogP contribution in [-0.2, 0) is 4.79 Å². The fourth-order valence-electron chi connectivity index (χ4n) is 2.04. The quantitative estimate of drug-likeness (QED) is 0.740. The summed E-state index contributed by atoms with van der Waals surface area (Å²) in [5.74, 6) is 1.21. The number of urea groups is 1. The standard InChI is InChI=1S/C17H19N3O3/c1-11-3-8-15(23-11)9-10-16(21)19-12(2)13-4-6-14(7-5-13)20-17(18)22/h3-10,12H,1-2H3,(H,19,21)(H3,18,20,22)/b10-9-/t12-/m0/s1. The van der Waals surface area contributed by atoms with Gasteiger partial charge in [-0.15, -0.1) is 0 Å². The van der Waals surface area contributed by atoms with Crippen molar-refractivity contribution in [2.45, 2.75) is 19.9 Å². The second-order valence-electron chi connectivity index (χ2n) is 5.12. The highest BCUT2D eigenvalue weighted by atomic mass is 16.3. The third-order valence-corrected chi connectivity index (χ3v) is 3.20. The molecule has 0 unspecified atom stereocenters. The normalized spacial score (nSPS) is 12.1. The number of furan rings is 1. The lowest BCUT2D eigenvalue weighted by Gasteiger charge is -2.13. The first kappa shape index (κ1) is 16.4. The molecule has 23 heavy (non-hydrogen) atoms. The van der Waals surface area contributed by atoms with Gasteiger partial charge in [0.25, 0.3) is 0 Å². The molecule has 2 aromatic rings. The van der Waals surface area contributed by atoms with Gasteiger partial charge >= 0.3 is 6.03 Å². The van der Waals surface area contributed by atoms with Crippen molar-refractivity contribution < 1.29 is 14.0 Å². The highest BCUT2D eigenvalue weighted by Gasteiger charge is 2.08. The van der Waals surface area contributed by atoms with Gasteiger partial charge in [0.1, 0.15) is 11.5 Å². The number of rotatable bonds is 5. The first-order chi connectivity index (χ1) is 10.9. The number of amides is 3. The summed E-state index contributed by atoms with van der Waals surface area (Å²) in [6.07, 6.45) is 3.05. The van der Waals surface area contributed by atoms with Crippen LogP contribution >= 0.6 is 0 Å². The Kier molecular flexibility index (Phi) is 5.19. The van der Waals surface area contributed by atoms with Crippen molar-refractivity contribution in [2.75, 3.05) is 5.32 Å². The van der Waals surface area contributed by atoms with Gasteiger partial charge in [-0.1, -0.05) is 12.1 Å². The molecule has 0 aliphatic heterocycles. The molecule has 1 heterocycles. The Morgan fingerprint density at radius 2 is 1.87 bits per heavy atom. The molecule has 120 valence electrons. The lowest BCUT2D eigenvalue weighted by Crippen LogP contribution is -2.24. The molecule has 0 fully saturated rings. The van der Waals surface area contributed by atoms with Gasteiger partial charge in [-0.2, -0.15) is 0 Å². The maximum atomic E-state index is 11.9. The van der Waals surface area contributed by atoms with Crippen molar-refractivity contribution in [2.24, 2.45) is 5.73 Å². The zero-order valence-electron chi connectivity index (χ0n) is 13.0. The van der Waals surface area contributed by atoms with Gasteiger partial charge in [0.15, 0.2) is 0 Å². The molecule has 0 aliphatic carbocycles. The highest BCUT2D eigenvalue weighted by molar-refractivity contribution is 5.91. The van der Waals surface area contributed by atoms with Crippen molar-refractivity contribution in [3.63, 3.8) is 0 Å². The van der Waals surface area contributed by atoms with Crippen LogP contribution in [0.25, 0.3) is 6.08 Å². The lowest BCUT2D eigenvalue weighted by atomic mass is 10.1. The van der Waals surface area contributed by atoms with Crippen molar-refractivity contribution >= 4 is 23.7 Å². The topological polar surface area (TPSA) is 97.4 Å². The van der Waals surface area contributed by atoms with Crippen LogP contribution in [0.1, 0.15) is 30.0 Å². The van der Waals surface area contributed by atoms with E-state index >= 15 is 0 Å². The first-order valence-corrected chi connectivity index (χ1v) is 7.15. The monoisotopic (exact) mass is 313 g/mol. The van der Waals surface area contributed by atoms with E-state index in [0.29, 0.717) is 11.4 Å². The van der Waals surface area contributed by atoms with Crippen molar-refractivity contribution in [1.82, 2.24) is 5.32 Å². The smallest absolute Gasteiger partial charge is 0.316 e. The Balaban J connectivity index is 1.92. The number of aryl methyl sites for hydroxylation is 1. The van der Waals surface area contributed by atoms with Crippen LogP contribution in [0.4, 0.5) is 10.5 Å². The number of nitrogens with one attached hydrogen (secondary N) is 2. The first-order valence-electron chi connectivity index (χ1n) is 7.15. The average molecular weight is 313 g/mol. The third-order valence-electron chi connectivity index (χ3n) is 3.20. The summed E-state index contributed by atoms with van der Waals surface area (Å²) >= 11 is 0. The van der Waals surface area contributed by atoms with Gasteiger partial charge in [-0.05, 0) is 49.8 Å². The highest BCUT2D eigenvalue weighted by Crippen LogP contribution is 2.16. The molecule has 1 atom stereocenters. The fraction of sp³-hybridized carbons (Fsp3) is 0.176. The Morgan fingerprint density at radius 3 is 2.43 bits per heavy atom. The molecular weight excluding hydrogens is 294 g/mol. The molecule has 4 N–H and O–H groups in total. The molecule has 0 saturated carbocycles. The van der Waals surface area contributed by atoms with Crippen LogP contribution in [0.5, 0.6) is 0 Å². The van der Waals surface area contributed by atoms with E-state index in [1.165, 1.54) is 6.08 Å². The molecule has 0 bridgehead atoms. The molecule has 0 saturated heterocycles. The number of benzene rings is 1. The minimum atomic E-state index is -0.614.